The molecule has 0 bridgehead atoms. The van der Waals surface area contributed by atoms with Gasteiger partial charge in [0.2, 0.25) is 0 Å². The summed E-state index contributed by atoms with van der Waals surface area (Å²) in [6, 6.07) is 12.9. The minimum atomic E-state index is -0.656. The zero-order valence-electron chi connectivity index (χ0n) is 12.8. The first-order chi connectivity index (χ1) is 10.6. The third-order valence-electron chi connectivity index (χ3n) is 4.23. The van der Waals surface area contributed by atoms with Gasteiger partial charge in [-0.25, -0.2) is 0 Å². The van der Waals surface area contributed by atoms with Crippen molar-refractivity contribution in [1.82, 2.24) is 4.90 Å². The highest BCUT2D eigenvalue weighted by molar-refractivity contribution is 7.15. The SMILES string of the molecule is Cc1ccc(-c2ccc(CN3CCCC(C(=O)O)C3)s2)cc1. The van der Waals surface area contributed by atoms with Gasteiger partial charge in [-0.15, -0.1) is 11.3 Å². The Balaban J connectivity index is 1.66. The van der Waals surface area contributed by atoms with Gasteiger partial charge in [0.25, 0.3) is 0 Å². The number of benzene rings is 1. The van der Waals surface area contributed by atoms with Crippen molar-refractivity contribution in [2.45, 2.75) is 26.3 Å². The molecule has 1 aromatic heterocycles. The number of nitrogens with zero attached hydrogens (tertiary/aromatic N) is 1. The number of hydrogen-bond acceptors (Lipinski definition) is 3. The lowest BCUT2D eigenvalue weighted by atomic mass is 9.98. The number of thiophene rings is 1. The summed E-state index contributed by atoms with van der Waals surface area (Å²) in [5.74, 6) is -0.860. The van der Waals surface area contributed by atoms with Crippen molar-refractivity contribution in [2.24, 2.45) is 5.92 Å². The molecule has 3 rings (SSSR count). The predicted molar refractivity (Wildman–Crippen MR) is 90.1 cm³/mol. The molecule has 1 unspecified atom stereocenters. The largest absolute Gasteiger partial charge is 0.481 e. The Morgan fingerprint density at radius 2 is 2.05 bits per heavy atom. The highest BCUT2D eigenvalue weighted by Gasteiger charge is 2.25. The molecule has 0 saturated carbocycles. The molecule has 116 valence electrons. The molecule has 0 radical (unpaired) electrons. The molecule has 1 N–H and O–H groups in total. The fourth-order valence-corrected chi connectivity index (χ4v) is 4.01. The summed E-state index contributed by atoms with van der Waals surface area (Å²) in [6.07, 6.45) is 1.79. The predicted octanol–water partition coefficient (Wildman–Crippen LogP) is 4.02. The van der Waals surface area contributed by atoms with Gasteiger partial charge in [-0.3, -0.25) is 9.69 Å². The number of piperidine rings is 1. The van der Waals surface area contributed by atoms with Crippen LogP contribution in [0.25, 0.3) is 10.4 Å². The molecule has 2 heterocycles. The Morgan fingerprint density at radius 3 is 2.77 bits per heavy atom. The molecular formula is C18H21NO2S. The first-order valence-corrected chi connectivity index (χ1v) is 8.54. The second-order valence-corrected chi connectivity index (χ2v) is 7.21. The highest BCUT2D eigenvalue weighted by Crippen LogP contribution is 2.30. The van der Waals surface area contributed by atoms with Crippen LogP contribution in [0.4, 0.5) is 0 Å². The van der Waals surface area contributed by atoms with E-state index in [0.717, 1.165) is 25.9 Å². The minimum Gasteiger partial charge on any atom is -0.481 e. The number of aliphatic carboxylic acids is 1. The van der Waals surface area contributed by atoms with Crippen LogP contribution in [-0.4, -0.2) is 29.1 Å². The average molecular weight is 315 g/mol. The van der Waals surface area contributed by atoms with Gasteiger partial charge in [-0.2, -0.15) is 0 Å². The van der Waals surface area contributed by atoms with Crippen LogP contribution in [0, 0.1) is 12.8 Å². The van der Waals surface area contributed by atoms with Crippen molar-refractivity contribution in [1.29, 1.82) is 0 Å². The second-order valence-electron chi connectivity index (χ2n) is 6.04. The molecule has 2 aromatic rings. The summed E-state index contributed by atoms with van der Waals surface area (Å²) in [6.45, 7) is 4.63. The summed E-state index contributed by atoms with van der Waals surface area (Å²) in [5.41, 5.74) is 2.53. The number of carbonyl (C=O) groups is 1. The van der Waals surface area contributed by atoms with Gasteiger partial charge < -0.3 is 5.11 Å². The fourth-order valence-electron chi connectivity index (χ4n) is 2.96. The van der Waals surface area contributed by atoms with Crippen LogP contribution in [0.15, 0.2) is 36.4 Å². The smallest absolute Gasteiger partial charge is 0.307 e. The maximum Gasteiger partial charge on any atom is 0.307 e. The zero-order chi connectivity index (χ0) is 15.5. The summed E-state index contributed by atoms with van der Waals surface area (Å²) in [4.78, 5) is 16.0. The van der Waals surface area contributed by atoms with Gasteiger partial charge in [0.05, 0.1) is 5.92 Å². The van der Waals surface area contributed by atoms with Crippen LogP contribution in [-0.2, 0) is 11.3 Å². The van der Waals surface area contributed by atoms with Crippen molar-refractivity contribution in [3.05, 3.63) is 46.8 Å². The number of aryl methyl sites for hydroxylation is 1. The summed E-state index contributed by atoms with van der Waals surface area (Å²) >= 11 is 1.81. The van der Waals surface area contributed by atoms with E-state index in [9.17, 15) is 9.90 Å². The second kappa shape index (κ2) is 6.63. The standard InChI is InChI=1S/C18H21NO2S/c1-13-4-6-14(7-5-13)17-9-8-16(22-17)12-19-10-2-3-15(11-19)18(20)21/h4-9,15H,2-3,10-12H2,1H3,(H,20,21). The molecule has 0 amide bonds. The van der Waals surface area contributed by atoms with Crippen LogP contribution in [0.5, 0.6) is 0 Å². The Hall–Kier alpha value is -1.65. The zero-order valence-corrected chi connectivity index (χ0v) is 13.6. The number of carboxylic acid groups (broad SMARTS) is 1. The van der Waals surface area contributed by atoms with Crippen molar-refractivity contribution < 1.29 is 9.90 Å². The molecule has 1 saturated heterocycles. The van der Waals surface area contributed by atoms with E-state index >= 15 is 0 Å². The van der Waals surface area contributed by atoms with Gasteiger partial charge >= 0.3 is 5.97 Å². The average Bonchev–Trinajstić information content (AvgIpc) is 2.96. The molecule has 22 heavy (non-hydrogen) atoms. The summed E-state index contributed by atoms with van der Waals surface area (Å²) in [7, 11) is 0. The molecule has 1 aliphatic rings. The van der Waals surface area contributed by atoms with E-state index in [-0.39, 0.29) is 5.92 Å². The Labute approximate surface area is 135 Å². The van der Waals surface area contributed by atoms with Crippen LogP contribution in [0.2, 0.25) is 0 Å². The molecule has 0 spiro atoms. The normalized spacial score (nSPS) is 19.2. The Morgan fingerprint density at radius 1 is 1.27 bits per heavy atom. The van der Waals surface area contributed by atoms with Gasteiger partial charge in [0.15, 0.2) is 0 Å². The topological polar surface area (TPSA) is 40.5 Å². The number of carboxylic acids is 1. The first-order valence-electron chi connectivity index (χ1n) is 7.73. The lowest BCUT2D eigenvalue weighted by Gasteiger charge is -2.30. The Kier molecular flexibility index (Phi) is 4.60. The third-order valence-corrected chi connectivity index (χ3v) is 5.35. The van der Waals surface area contributed by atoms with E-state index in [2.05, 4.69) is 48.2 Å². The third kappa shape index (κ3) is 3.57. The van der Waals surface area contributed by atoms with Crippen LogP contribution >= 0.6 is 11.3 Å². The molecule has 1 aromatic carbocycles. The lowest BCUT2D eigenvalue weighted by Crippen LogP contribution is -2.37. The Bertz CT molecular complexity index is 647. The summed E-state index contributed by atoms with van der Waals surface area (Å²) in [5, 5.41) is 9.17. The van der Waals surface area contributed by atoms with E-state index in [1.165, 1.54) is 20.9 Å². The molecule has 1 fully saturated rings. The molecule has 0 aliphatic carbocycles. The molecular weight excluding hydrogens is 294 g/mol. The van der Waals surface area contributed by atoms with E-state index in [1.807, 2.05) is 0 Å². The van der Waals surface area contributed by atoms with Crippen molar-refractivity contribution in [2.75, 3.05) is 13.1 Å². The molecule has 4 heteroatoms. The van der Waals surface area contributed by atoms with E-state index in [1.54, 1.807) is 11.3 Å². The van der Waals surface area contributed by atoms with Gasteiger partial charge in [-0.1, -0.05) is 29.8 Å². The monoisotopic (exact) mass is 315 g/mol. The number of hydrogen-bond donors (Lipinski definition) is 1. The number of likely N-dealkylation sites (tertiary alicyclic amines) is 1. The van der Waals surface area contributed by atoms with Crippen molar-refractivity contribution in [3.8, 4) is 10.4 Å². The van der Waals surface area contributed by atoms with Gasteiger partial charge in [-0.05, 0) is 44.0 Å². The van der Waals surface area contributed by atoms with Crippen LogP contribution in [0.3, 0.4) is 0 Å². The lowest BCUT2D eigenvalue weighted by molar-refractivity contribution is -0.143. The van der Waals surface area contributed by atoms with Crippen LogP contribution < -0.4 is 0 Å². The quantitative estimate of drug-likeness (QED) is 0.926. The molecule has 3 nitrogen and oxygen atoms in total. The highest BCUT2D eigenvalue weighted by atomic mass is 32.1. The van der Waals surface area contributed by atoms with Crippen molar-refractivity contribution >= 4 is 17.3 Å². The van der Waals surface area contributed by atoms with E-state index < -0.39 is 5.97 Å². The van der Waals surface area contributed by atoms with Crippen LogP contribution in [0.1, 0.15) is 23.3 Å². The van der Waals surface area contributed by atoms with Gasteiger partial charge in [0, 0.05) is 22.8 Å². The maximum absolute atomic E-state index is 11.1. The number of rotatable bonds is 4. The maximum atomic E-state index is 11.1. The fraction of sp³-hybridized carbons (Fsp3) is 0.389. The van der Waals surface area contributed by atoms with E-state index in [0.29, 0.717) is 6.54 Å². The van der Waals surface area contributed by atoms with Crippen molar-refractivity contribution in [3.63, 3.8) is 0 Å². The minimum absolute atomic E-state index is 0.203. The van der Waals surface area contributed by atoms with E-state index in [4.69, 9.17) is 0 Å². The van der Waals surface area contributed by atoms with Gasteiger partial charge in [0.1, 0.15) is 0 Å². The molecule has 1 atom stereocenters. The molecule has 1 aliphatic heterocycles. The first kappa shape index (κ1) is 15.3. The summed E-state index contributed by atoms with van der Waals surface area (Å²) < 4.78 is 0.